The molecule has 1 rings (SSSR count). The van der Waals surface area contributed by atoms with Crippen molar-refractivity contribution in [3.8, 4) is 0 Å². The van der Waals surface area contributed by atoms with Crippen LogP contribution in [0.3, 0.4) is 0 Å². The Morgan fingerprint density at radius 3 is 2.67 bits per heavy atom. The maximum Gasteiger partial charge on any atom is 0.269 e. The summed E-state index contributed by atoms with van der Waals surface area (Å²) in [6.07, 6.45) is 0.834. The number of nitrogens with two attached hydrogens (primary N) is 1. The smallest absolute Gasteiger partial charge is 0.269 e. The van der Waals surface area contributed by atoms with Gasteiger partial charge in [0.2, 0.25) is 0 Å². The molecule has 0 aliphatic carbocycles. The van der Waals surface area contributed by atoms with Crippen LogP contribution in [0.4, 0.5) is 5.69 Å². The topological polar surface area (TPSA) is 69.2 Å². The van der Waals surface area contributed by atoms with Gasteiger partial charge >= 0.3 is 0 Å². The van der Waals surface area contributed by atoms with E-state index in [2.05, 4.69) is 13.8 Å². The Labute approximate surface area is 89.2 Å². The molecular formula is C11H16N2O2. The molecule has 2 N–H and O–H groups in total. The van der Waals surface area contributed by atoms with Gasteiger partial charge in [-0.3, -0.25) is 10.1 Å². The SMILES string of the molecule is CC(C)C[C@@H](N)c1cccc([N+](=O)[O-])c1. The molecule has 1 aromatic rings. The molecule has 4 nitrogen and oxygen atoms in total. The number of nitrogens with zero attached hydrogens (tertiary/aromatic N) is 1. The Bertz CT molecular complexity index is 350. The van der Waals surface area contributed by atoms with Crippen LogP contribution in [-0.2, 0) is 0 Å². The van der Waals surface area contributed by atoms with E-state index < -0.39 is 4.92 Å². The normalized spacial score (nSPS) is 12.8. The fourth-order valence-electron chi connectivity index (χ4n) is 1.51. The van der Waals surface area contributed by atoms with Crippen LogP contribution in [0, 0.1) is 16.0 Å². The van der Waals surface area contributed by atoms with Crippen molar-refractivity contribution in [3.05, 3.63) is 39.9 Å². The summed E-state index contributed by atoms with van der Waals surface area (Å²) in [4.78, 5) is 10.2. The molecule has 0 saturated carbocycles. The fraction of sp³-hybridized carbons (Fsp3) is 0.455. The van der Waals surface area contributed by atoms with Crippen molar-refractivity contribution >= 4 is 5.69 Å². The van der Waals surface area contributed by atoms with E-state index in [1.165, 1.54) is 6.07 Å². The lowest BCUT2D eigenvalue weighted by atomic mass is 9.98. The number of hydrogen-bond acceptors (Lipinski definition) is 3. The molecular weight excluding hydrogens is 192 g/mol. The minimum absolute atomic E-state index is 0.103. The molecule has 0 unspecified atom stereocenters. The molecule has 0 amide bonds. The highest BCUT2D eigenvalue weighted by molar-refractivity contribution is 5.35. The number of nitro benzene ring substituents is 1. The lowest BCUT2D eigenvalue weighted by Gasteiger charge is -2.13. The van der Waals surface area contributed by atoms with Crippen molar-refractivity contribution in [2.75, 3.05) is 0 Å². The van der Waals surface area contributed by atoms with E-state index in [9.17, 15) is 10.1 Å². The average molecular weight is 208 g/mol. The van der Waals surface area contributed by atoms with Gasteiger partial charge in [-0.25, -0.2) is 0 Å². The quantitative estimate of drug-likeness (QED) is 0.610. The third-order valence-electron chi connectivity index (χ3n) is 2.23. The highest BCUT2D eigenvalue weighted by Crippen LogP contribution is 2.22. The third-order valence-corrected chi connectivity index (χ3v) is 2.23. The number of hydrogen-bond donors (Lipinski definition) is 1. The molecule has 0 bridgehead atoms. The molecule has 0 radical (unpaired) electrons. The second kappa shape index (κ2) is 4.89. The molecule has 0 aliphatic rings. The summed E-state index contributed by atoms with van der Waals surface area (Å²) in [5, 5.41) is 10.6. The number of rotatable bonds is 4. The zero-order valence-electron chi connectivity index (χ0n) is 9.01. The van der Waals surface area contributed by atoms with Crippen molar-refractivity contribution in [3.63, 3.8) is 0 Å². The van der Waals surface area contributed by atoms with Crippen LogP contribution in [0.2, 0.25) is 0 Å². The van der Waals surface area contributed by atoms with Crippen LogP contribution >= 0.6 is 0 Å². The Morgan fingerprint density at radius 2 is 2.13 bits per heavy atom. The van der Waals surface area contributed by atoms with Crippen LogP contribution < -0.4 is 5.73 Å². The summed E-state index contributed by atoms with van der Waals surface area (Å²) in [6, 6.07) is 6.41. The van der Waals surface area contributed by atoms with E-state index in [1.54, 1.807) is 12.1 Å². The van der Waals surface area contributed by atoms with Crippen LogP contribution in [0.25, 0.3) is 0 Å². The van der Waals surface area contributed by atoms with E-state index in [0.717, 1.165) is 12.0 Å². The van der Waals surface area contributed by atoms with Gasteiger partial charge in [-0.05, 0) is 17.9 Å². The summed E-state index contributed by atoms with van der Waals surface area (Å²) in [6.45, 7) is 4.16. The maximum atomic E-state index is 10.6. The number of benzene rings is 1. The zero-order chi connectivity index (χ0) is 11.4. The first-order valence-electron chi connectivity index (χ1n) is 5.00. The van der Waals surface area contributed by atoms with Gasteiger partial charge in [0, 0.05) is 18.2 Å². The second-order valence-corrected chi connectivity index (χ2v) is 4.09. The van der Waals surface area contributed by atoms with Crippen LogP contribution in [0.15, 0.2) is 24.3 Å². The average Bonchev–Trinajstić information content (AvgIpc) is 2.17. The minimum Gasteiger partial charge on any atom is -0.324 e. The Hall–Kier alpha value is -1.42. The summed E-state index contributed by atoms with van der Waals surface area (Å²) < 4.78 is 0. The predicted molar refractivity (Wildman–Crippen MR) is 59.5 cm³/mol. The third kappa shape index (κ3) is 3.32. The van der Waals surface area contributed by atoms with Crippen molar-refractivity contribution in [1.29, 1.82) is 0 Å². The van der Waals surface area contributed by atoms with Crippen molar-refractivity contribution in [2.45, 2.75) is 26.3 Å². The maximum absolute atomic E-state index is 10.6. The molecule has 0 spiro atoms. The lowest BCUT2D eigenvalue weighted by Crippen LogP contribution is -2.12. The minimum atomic E-state index is -0.397. The van der Waals surface area contributed by atoms with Gasteiger partial charge in [0.1, 0.15) is 0 Å². The van der Waals surface area contributed by atoms with E-state index >= 15 is 0 Å². The van der Waals surface area contributed by atoms with Gasteiger partial charge in [0.05, 0.1) is 4.92 Å². The van der Waals surface area contributed by atoms with Gasteiger partial charge in [0.25, 0.3) is 5.69 Å². The molecule has 0 aromatic heterocycles. The van der Waals surface area contributed by atoms with Crippen molar-refractivity contribution < 1.29 is 4.92 Å². The number of non-ortho nitro benzene ring substituents is 1. The highest BCUT2D eigenvalue weighted by atomic mass is 16.6. The molecule has 1 atom stereocenters. The lowest BCUT2D eigenvalue weighted by molar-refractivity contribution is -0.384. The van der Waals surface area contributed by atoms with Gasteiger partial charge in [-0.15, -0.1) is 0 Å². The fourth-order valence-corrected chi connectivity index (χ4v) is 1.51. The molecule has 0 heterocycles. The van der Waals surface area contributed by atoms with Gasteiger partial charge in [-0.2, -0.15) is 0 Å². The van der Waals surface area contributed by atoms with E-state index in [0.29, 0.717) is 5.92 Å². The molecule has 0 saturated heterocycles. The van der Waals surface area contributed by atoms with Crippen LogP contribution in [0.1, 0.15) is 31.9 Å². The van der Waals surface area contributed by atoms with Gasteiger partial charge < -0.3 is 5.73 Å². The monoisotopic (exact) mass is 208 g/mol. The molecule has 15 heavy (non-hydrogen) atoms. The Morgan fingerprint density at radius 1 is 1.47 bits per heavy atom. The zero-order valence-corrected chi connectivity index (χ0v) is 9.01. The molecule has 82 valence electrons. The van der Waals surface area contributed by atoms with E-state index in [4.69, 9.17) is 5.73 Å². The van der Waals surface area contributed by atoms with Crippen molar-refractivity contribution in [2.24, 2.45) is 11.7 Å². The molecule has 1 aromatic carbocycles. The first-order valence-corrected chi connectivity index (χ1v) is 5.00. The second-order valence-electron chi connectivity index (χ2n) is 4.09. The largest absolute Gasteiger partial charge is 0.324 e. The predicted octanol–water partition coefficient (Wildman–Crippen LogP) is 2.64. The summed E-state index contributed by atoms with van der Waals surface area (Å²) in [5.74, 6) is 0.485. The Kier molecular flexibility index (Phi) is 3.80. The highest BCUT2D eigenvalue weighted by Gasteiger charge is 2.12. The van der Waals surface area contributed by atoms with E-state index in [-0.39, 0.29) is 11.7 Å². The van der Waals surface area contributed by atoms with Crippen molar-refractivity contribution in [1.82, 2.24) is 0 Å². The standard InChI is InChI=1S/C11H16N2O2/c1-8(2)6-11(12)9-4-3-5-10(7-9)13(14)15/h3-5,7-8,11H,6,12H2,1-2H3/t11-/m1/s1. The number of nitro groups is 1. The molecule has 0 fully saturated rings. The first-order chi connectivity index (χ1) is 7.00. The summed E-state index contributed by atoms with van der Waals surface area (Å²) in [5.41, 5.74) is 6.88. The van der Waals surface area contributed by atoms with Crippen LogP contribution in [0.5, 0.6) is 0 Å². The molecule has 0 aliphatic heterocycles. The van der Waals surface area contributed by atoms with Gasteiger partial charge in [-0.1, -0.05) is 26.0 Å². The summed E-state index contributed by atoms with van der Waals surface area (Å²) in [7, 11) is 0. The van der Waals surface area contributed by atoms with Gasteiger partial charge in [0.15, 0.2) is 0 Å². The summed E-state index contributed by atoms with van der Waals surface area (Å²) >= 11 is 0. The first kappa shape index (κ1) is 11.7. The Balaban J connectivity index is 2.85. The van der Waals surface area contributed by atoms with Crippen LogP contribution in [-0.4, -0.2) is 4.92 Å². The molecule has 4 heteroatoms. The van der Waals surface area contributed by atoms with E-state index in [1.807, 2.05) is 6.07 Å².